The highest BCUT2D eigenvalue weighted by Gasteiger charge is 2.39. The van der Waals surface area contributed by atoms with E-state index in [-0.39, 0.29) is 11.8 Å². The Bertz CT molecular complexity index is 323. The van der Waals surface area contributed by atoms with Gasteiger partial charge in [0, 0.05) is 6.54 Å². The molecule has 1 saturated heterocycles. The SMILES string of the molecule is CCC1(C(=O)NC(C)C(=O)NCC(C)C)CCCN1. The fourth-order valence-electron chi connectivity index (χ4n) is 2.32. The summed E-state index contributed by atoms with van der Waals surface area (Å²) in [5, 5.41) is 8.93. The summed E-state index contributed by atoms with van der Waals surface area (Å²) in [4.78, 5) is 24.1. The van der Waals surface area contributed by atoms with Gasteiger partial charge >= 0.3 is 0 Å². The van der Waals surface area contributed by atoms with Crippen molar-refractivity contribution in [1.29, 1.82) is 0 Å². The summed E-state index contributed by atoms with van der Waals surface area (Å²) < 4.78 is 0. The maximum absolute atomic E-state index is 12.3. The van der Waals surface area contributed by atoms with Gasteiger partial charge in [-0.2, -0.15) is 0 Å². The predicted molar refractivity (Wildman–Crippen MR) is 75.7 cm³/mol. The summed E-state index contributed by atoms with van der Waals surface area (Å²) in [5.74, 6) is 0.233. The van der Waals surface area contributed by atoms with Crippen molar-refractivity contribution in [1.82, 2.24) is 16.0 Å². The van der Waals surface area contributed by atoms with Crippen LogP contribution in [-0.4, -0.2) is 36.5 Å². The van der Waals surface area contributed by atoms with E-state index in [0.29, 0.717) is 12.5 Å². The van der Waals surface area contributed by atoms with Gasteiger partial charge in [0.1, 0.15) is 6.04 Å². The fourth-order valence-corrected chi connectivity index (χ4v) is 2.32. The Morgan fingerprint density at radius 3 is 2.47 bits per heavy atom. The molecule has 1 rings (SSSR count). The van der Waals surface area contributed by atoms with Gasteiger partial charge in [0.15, 0.2) is 0 Å². The van der Waals surface area contributed by atoms with Crippen LogP contribution in [-0.2, 0) is 9.59 Å². The molecule has 0 aromatic carbocycles. The number of amides is 2. The molecule has 5 heteroatoms. The van der Waals surface area contributed by atoms with E-state index < -0.39 is 11.6 Å². The van der Waals surface area contributed by atoms with Crippen LogP contribution < -0.4 is 16.0 Å². The summed E-state index contributed by atoms with van der Waals surface area (Å²) in [7, 11) is 0. The third-order valence-corrected chi connectivity index (χ3v) is 3.71. The van der Waals surface area contributed by atoms with Gasteiger partial charge in [0.2, 0.25) is 11.8 Å². The van der Waals surface area contributed by atoms with E-state index >= 15 is 0 Å². The van der Waals surface area contributed by atoms with Crippen LogP contribution in [0.3, 0.4) is 0 Å². The Morgan fingerprint density at radius 1 is 1.32 bits per heavy atom. The average Bonchev–Trinajstić information content (AvgIpc) is 2.85. The van der Waals surface area contributed by atoms with Gasteiger partial charge in [0.05, 0.1) is 5.54 Å². The maximum Gasteiger partial charge on any atom is 0.242 e. The quantitative estimate of drug-likeness (QED) is 0.668. The van der Waals surface area contributed by atoms with Crippen LogP contribution in [0.2, 0.25) is 0 Å². The zero-order chi connectivity index (χ0) is 14.5. The van der Waals surface area contributed by atoms with Crippen molar-refractivity contribution in [2.24, 2.45) is 5.92 Å². The van der Waals surface area contributed by atoms with Crippen LogP contribution in [0.25, 0.3) is 0 Å². The van der Waals surface area contributed by atoms with Gasteiger partial charge in [-0.3, -0.25) is 9.59 Å². The average molecular weight is 269 g/mol. The first-order valence-corrected chi connectivity index (χ1v) is 7.25. The van der Waals surface area contributed by atoms with Gasteiger partial charge in [-0.15, -0.1) is 0 Å². The Hall–Kier alpha value is -1.10. The van der Waals surface area contributed by atoms with Gasteiger partial charge in [-0.25, -0.2) is 0 Å². The second kappa shape index (κ2) is 6.89. The lowest BCUT2D eigenvalue weighted by molar-refractivity contribution is -0.132. The first-order valence-electron chi connectivity index (χ1n) is 7.25. The maximum atomic E-state index is 12.3. The van der Waals surface area contributed by atoms with Crippen molar-refractivity contribution < 1.29 is 9.59 Å². The number of carbonyl (C=O) groups is 2. The monoisotopic (exact) mass is 269 g/mol. The first-order chi connectivity index (χ1) is 8.91. The molecule has 2 atom stereocenters. The highest BCUT2D eigenvalue weighted by Crippen LogP contribution is 2.23. The van der Waals surface area contributed by atoms with E-state index in [4.69, 9.17) is 0 Å². The van der Waals surface area contributed by atoms with Crippen molar-refractivity contribution in [3.8, 4) is 0 Å². The van der Waals surface area contributed by atoms with Crippen molar-refractivity contribution in [2.75, 3.05) is 13.1 Å². The van der Waals surface area contributed by atoms with Crippen LogP contribution in [0, 0.1) is 5.92 Å². The molecule has 1 aliphatic heterocycles. The lowest BCUT2D eigenvalue weighted by Crippen LogP contribution is -2.57. The lowest BCUT2D eigenvalue weighted by Gasteiger charge is -2.28. The normalized spacial score (nSPS) is 24.3. The smallest absolute Gasteiger partial charge is 0.242 e. The summed E-state index contributed by atoms with van der Waals surface area (Å²) in [5.41, 5.74) is -0.480. The molecule has 110 valence electrons. The van der Waals surface area contributed by atoms with Crippen molar-refractivity contribution in [3.05, 3.63) is 0 Å². The minimum absolute atomic E-state index is 0.0558. The van der Waals surface area contributed by atoms with Gasteiger partial charge in [0.25, 0.3) is 0 Å². The van der Waals surface area contributed by atoms with Crippen LogP contribution in [0.15, 0.2) is 0 Å². The molecular formula is C14H27N3O2. The Labute approximate surface area is 115 Å². The molecule has 1 aliphatic rings. The van der Waals surface area contributed by atoms with Crippen LogP contribution in [0.4, 0.5) is 0 Å². The molecule has 0 saturated carbocycles. The lowest BCUT2D eigenvalue weighted by atomic mass is 9.93. The van der Waals surface area contributed by atoms with E-state index in [0.717, 1.165) is 25.8 Å². The molecule has 1 heterocycles. The van der Waals surface area contributed by atoms with E-state index in [1.807, 2.05) is 20.8 Å². The second-order valence-corrected chi connectivity index (χ2v) is 5.80. The largest absolute Gasteiger partial charge is 0.354 e. The first kappa shape index (κ1) is 16.0. The summed E-state index contributed by atoms with van der Waals surface area (Å²) in [6.07, 6.45) is 2.60. The summed E-state index contributed by atoms with van der Waals surface area (Å²) in [6, 6.07) is -0.489. The fraction of sp³-hybridized carbons (Fsp3) is 0.857. The molecule has 19 heavy (non-hydrogen) atoms. The van der Waals surface area contributed by atoms with E-state index in [2.05, 4.69) is 16.0 Å². The second-order valence-electron chi connectivity index (χ2n) is 5.80. The third-order valence-electron chi connectivity index (χ3n) is 3.71. The Kier molecular flexibility index (Phi) is 5.79. The van der Waals surface area contributed by atoms with E-state index in [1.54, 1.807) is 6.92 Å². The molecule has 2 amide bonds. The minimum Gasteiger partial charge on any atom is -0.354 e. The molecule has 2 unspecified atom stereocenters. The van der Waals surface area contributed by atoms with Gasteiger partial charge in [-0.05, 0) is 38.6 Å². The zero-order valence-corrected chi connectivity index (χ0v) is 12.5. The third kappa shape index (κ3) is 4.20. The molecule has 0 aromatic heterocycles. The minimum atomic E-state index is -0.489. The molecule has 3 N–H and O–H groups in total. The van der Waals surface area contributed by atoms with E-state index in [9.17, 15) is 9.59 Å². The van der Waals surface area contributed by atoms with Gasteiger partial charge < -0.3 is 16.0 Å². The standard InChI is InChI=1S/C14H27N3O2/c1-5-14(7-6-8-16-14)13(19)17-11(4)12(18)15-9-10(2)3/h10-11,16H,5-9H2,1-4H3,(H,15,18)(H,17,19). The highest BCUT2D eigenvalue weighted by molar-refractivity contribution is 5.92. The molecule has 0 aliphatic carbocycles. The molecular weight excluding hydrogens is 242 g/mol. The molecule has 0 spiro atoms. The molecule has 5 nitrogen and oxygen atoms in total. The molecule has 1 fully saturated rings. The highest BCUT2D eigenvalue weighted by atomic mass is 16.2. The molecule has 0 aromatic rings. The molecule has 0 bridgehead atoms. The Morgan fingerprint density at radius 2 is 2.00 bits per heavy atom. The van der Waals surface area contributed by atoms with Gasteiger partial charge in [-0.1, -0.05) is 20.8 Å². The Balaban J connectivity index is 2.49. The zero-order valence-electron chi connectivity index (χ0n) is 12.5. The number of hydrogen-bond donors (Lipinski definition) is 3. The number of nitrogens with one attached hydrogen (secondary N) is 3. The van der Waals surface area contributed by atoms with Crippen LogP contribution >= 0.6 is 0 Å². The molecule has 0 radical (unpaired) electrons. The summed E-state index contributed by atoms with van der Waals surface area (Å²) >= 11 is 0. The van der Waals surface area contributed by atoms with Crippen molar-refractivity contribution in [3.63, 3.8) is 0 Å². The van der Waals surface area contributed by atoms with E-state index in [1.165, 1.54) is 0 Å². The number of hydrogen-bond acceptors (Lipinski definition) is 3. The summed E-state index contributed by atoms with van der Waals surface area (Å²) in [6.45, 7) is 9.31. The van der Waals surface area contributed by atoms with Crippen molar-refractivity contribution in [2.45, 2.75) is 58.5 Å². The number of carbonyl (C=O) groups excluding carboxylic acids is 2. The number of rotatable bonds is 6. The predicted octanol–water partition coefficient (Wildman–Crippen LogP) is 0.796. The van der Waals surface area contributed by atoms with Crippen molar-refractivity contribution >= 4 is 11.8 Å². The van der Waals surface area contributed by atoms with Crippen LogP contribution in [0.5, 0.6) is 0 Å². The van der Waals surface area contributed by atoms with Crippen LogP contribution in [0.1, 0.15) is 47.0 Å². The topological polar surface area (TPSA) is 70.2 Å².